The van der Waals surface area contributed by atoms with Gasteiger partial charge in [-0.2, -0.15) is 0 Å². The summed E-state index contributed by atoms with van der Waals surface area (Å²) in [4.78, 5) is 0. The zero-order valence-electron chi connectivity index (χ0n) is 8.70. The van der Waals surface area contributed by atoms with Gasteiger partial charge in [0.2, 0.25) is 0 Å². The summed E-state index contributed by atoms with van der Waals surface area (Å²) in [6.07, 6.45) is 6.56. The van der Waals surface area contributed by atoms with Crippen molar-refractivity contribution in [3.8, 4) is 0 Å². The third kappa shape index (κ3) is 2.34. The second kappa shape index (κ2) is 4.98. The topological polar surface area (TPSA) is 0 Å². The molecule has 11 heavy (non-hydrogen) atoms. The minimum absolute atomic E-state index is 0.960. The second-order valence-electron chi connectivity index (χ2n) is 3.31. The van der Waals surface area contributed by atoms with E-state index in [-0.39, 0.29) is 0 Å². The first-order chi connectivity index (χ1) is 5.16. The predicted octanol–water partition coefficient (Wildman–Crippen LogP) is 2.29. The molecule has 0 heterocycles. The maximum atomic E-state index is 2.35. The molecule has 0 rings (SSSR count). The van der Waals surface area contributed by atoms with Gasteiger partial charge in [0, 0.05) is 0 Å². The van der Waals surface area contributed by atoms with Gasteiger partial charge < -0.3 is 0 Å². The molecular weight excluding hydrogens is 150 g/mol. The quantitative estimate of drug-likeness (QED) is 0.450. The zero-order valence-corrected chi connectivity index (χ0v) is 9.70. The van der Waals surface area contributed by atoms with E-state index in [2.05, 4.69) is 41.6 Å². The zero-order chi connectivity index (χ0) is 8.91. The van der Waals surface area contributed by atoms with Crippen LogP contribution in [-0.4, -0.2) is 26.3 Å². The molecule has 0 radical (unpaired) electrons. The number of hydrogen-bond acceptors (Lipinski definition) is 0. The van der Waals surface area contributed by atoms with Crippen molar-refractivity contribution in [2.45, 2.75) is 27.7 Å². The Morgan fingerprint density at radius 2 is 1.55 bits per heavy atom. The van der Waals surface area contributed by atoms with Crippen LogP contribution in [0.4, 0.5) is 0 Å². The predicted molar refractivity (Wildman–Crippen MR) is 62.2 cm³/mol. The molecule has 0 aliphatic heterocycles. The molecule has 0 unspecified atom stereocenters. The Kier molecular flexibility index (Phi) is 5.09. The third-order valence-electron chi connectivity index (χ3n) is 3.30. The molecule has 0 nitrogen and oxygen atoms in total. The molecule has 0 aliphatic rings. The van der Waals surface area contributed by atoms with Crippen LogP contribution >= 0.6 is 7.26 Å². The van der Waals surface area contributed by atoms with Gasteiger partial charge in [0.25, 0.3) is 0 Å². The van der Waals surface area contributed by atoms with Gasteiger partial charge in [-0.05, 0) is 0 Å². The Morgan fingerprint density at radius 3 is 1.64 bits per heavy atom. The van der Waals surface area contributed by atoms with Crippen LogP contribution in [-0.2, 0) is 0 Å². The van der Waals surface area contributed by atoms with Crippen LogP contribution in [0.1, 0.15) is 27.7 Å². The molecule has 0 amide bonds. The van der Waals surface area contributed by atoms with Gasteiger partial charge in [-0.3, -0.25) is 0 Å². The Balaban J connectivity index is 4.54. The molecule has 2 heteroatoms. The summed E-state index contributed by atoms with van der Waals surface area (Å²) >= 11 is 0. The molecule has 0 aromatic rings. The van der Waals surface area contributed by atoms with Crippen molar-refractivity contribution in [1.29, 1.82) is 0 Å². The van der Waals surface area contributed by atoms with E-state index < -0.39 is 7.26 Å². The first kappa shape index (κ1) is 11.2. The average molecular weight is 172 g/mol. The molecule has 0 saturated carbocycles. The first-order valence-electron chi connectivity index (χ1n) is 4.80. The van der Waals surface area contributed by atoms with Crippen molar-refractivity contribution < 1.29 is 0 Å². The minimum atomic E-state index is -0.960. The van der Waals surface area contributed by atoms with Crippen molar-refractivity contribution in [3.63, 3.8) is 0 Å². The summed E-state index contributed by atoms with van der Waals surface area (Å²) < 4.78 is 0. The van der Waals surface area contributed by atoms with E-state index >= 15 is 0 Å². The molecule has 0 fully saturated rings. The normalized spacial score (nSPS) is 15.1. The van der Waals surface area contributed by atoms with Gasteiger partial charge in [0.15, 0.2) is 0 Å². The molecule has 0 N–H and O–H groups in total. The Bertz CT molecular complexity index is 128. The van der Waals surface area contributed by atoms with E-state index in [9.17, 15) is 0 Å². The fourth-order valence-electron chi connectivity index (χ4n) is 1.89. The number of rotatable bonds is 4. The van der Waals surface area contributed by atoms with E-state index in [1.54, 1.807) is 5.21 Å². The molecule has 0 spiro atoms. The van der Waals surface area contributed by atoms with E-state index in [1.165, 1.54) is 18.5 Å². The third-order valence-corrected chi connectivity index (χ3v) is 9.32. The molecule has 0 atom stereocenters. The van der Waals surface area contributed by atoms with Gasteiger partial charge in [-0.15, -0.1) is 0 Å². The first-order valence-corrected chi connectivity index (χ1v) is 7.42. The summed E-state index contributed by atoms with van der Waals surface area (Å²) in [7, 11) is 1.36. The van der Waals surface area contributed by atoms with E-state index in [0.717, 1.165) is 0 Å². The average Bonchev–Trinajstić information content (AvgIpc) is 2.08. The van der Waals surface area contributed by atoms with Gasteiger partial charge in [0.05, 0.1) is 0 Å². The van der Waals surface area contributed by atoms with Crippen molar-refractivity contribution in [2.75, 3.05) is 18.5 Å². The number of hydrogen-bond donors (Lipinski definition) is 0. The van der Waals surface area contributed by atoms with Crippen LogP contribution in [0.5, 0.6) is 0 Å². The maximum absolute atomic E-state index is 2.35. The summed E-state index contributed by atoms with van der Waals surface area (Å²) in [5.41, 5.74) is 0. The molecule has 0 aliphatic carbocycles. The fraction of sp³-hybridized carbons (Fsp3) is 0.778. The van der Waals surface area contributed by atoms with Crippen LogP contribution in [0, 0.1) is 0 Å². The summed E-state index contributed by atoms with van der Waals surface area (Å²) in [5, 5.41) is 1.70. The monoisotopic (exact) mass is 172 g/mol. The van der Waals surface area contributed by atoms with E-state index in [1.807, 2.05) is 0 Å². The van der Waals surface area contributed by atoms with Gasteiger partial charge in [0.1, 0.15) is 0 Å². The Morgan fingerprint density at radius 1 is 1.18 bits per heavy atom. The fourth-order valence-corrected chi connectivity index (χ4v) is 5.68. The SMILES string of the molecule is B/C(=C\C)[PH](CC)(CC)CC. The molecule has 66 valence electrons. The molecule has 0 aromatic heterocycles. The van der Waals surface area contributed by atoms with Crippen molar-refractivity contribution in [2.24, 2.45) is 0 Å². The second-order valence-corrected chi connectivity index (χ2v) is 8.78. The van der Waals surface area contributed by atoms with E-state index in [0.29, 0.717) is 0 Å². The van der Waals surface area contributed by atoms with Crippen molar-refractivity contribution in [1.82, 2.24) is 0 Å². The Labute approximate surface area is 73.2 Å². The van der Waals surface area contributed by atoms with Crippen molar-refractivity contribution in [3.05, 3.63) is 11.3 Å². The van der Waals surface area contributed by atoms with Crippen LogP contribution in [0.3, 0.4) is 0 Å². The van der Waals surface area contributed by atoms with Crippen LogP contribution < -0.4 is 0 Å². The van der Waals surface area contributed by atoms with Gasteiger partial charge in [-0.25, -0.2) is 0 Å². The summed E-state index contributed by atoms with van der Waals surface area (Å²) in [6.45, 7) is 9.24. The van der Waals surface area contributed by atoms with Gasteiger partial charge in [-0.1, -0.05) is 0 Å². The molecule has 0 bridgehead atoms. The molecular formula is C9H22BP. The van der Waals surface area contributed by atoms with Crippen LogP contribution in [0.2, 0.25) is 0 Å². The molecule has 0 saturated heterocycles. The summed E-state index contributed by atoms with van der Waals surface area (Å²) in [6, 6.07) is 0. The van der Waals surface area contributed by atoms with Crippen molar-refractivity contribution >= 4 is 15.1 Å². The van der Waals surface area contributed by atoms with Crippen LogP contribution in [0.15, 0.2) is 11.3 Å². The standard InChI is InChI=1S/C9H22BP/c1-5-9(10)11(6-2,7-3)8-4/h5,11H,6-8,10H2,1-4H3/b9-5+. The molecule has 0 aromatic carbocycles. The van der Waals surface area contributed by atoms with Gasteiger partial charge >= 0.3 is 72.6 Å². The summed E-state index contributed by atoms with van der Waals surface area (Å²) in [5.74, 6) is 0. The van der Waals surface area contributed by atoms with E-state index in [4.69, 9.17) is 0 Å². The number of allylic oxidation sites excluding steroid dienone is 1. The Hall–Kier alpha value is 0.235. The van der Waals surface area contributed by atoms with Crippen LogP contribution in [0.25, 0.3) is 0 Å².